The standard InChI is InChI=1S/C15H24BN/c1-4-12-16(13-5-2)17-15(6-3)14-10-8-7-9-11-14/h7-11H,4-6,12-13H2,1-3H3. The molecule has 0 aliphatic carbocycles. The summed E-state index contributed by atoms with van der Waals surface area (Å²) in [4.78, 5) is 4.96. The lowest BCUT2D eigenvalue weighted by atomic mass is 9.55. The Labute approximate surface area is 106 Å². The van der Waals surface area contributed by atoms with Crippen LogP contribution < -0.4 is 0 Å². The molecule has 0 heterocycles. The molecule has 92 valence electrons. The highest BCUT2D eigenvalue weighted by Crippen LogP contribution is 2.11. The van der Waals surface area contributed by atoms with Crippen LogP contribution in [0.15, 0.2) is 35.2 Å². The van der Waals surface area contributed by atoms with Crippen LogP contribution in [0.1, 0.15) is 45.6 Å². The van der Waals surface area contributed by atoms with Crippen molar-refractivity contribution < 1.29 is 0 Å². The summed E-state index contributed by atoms with van der Waals surface area (Å²) in [6, 6.07) is 10.6. The number of rotatable bonds is 7. The lowest BCUT2D eigenvalue weighted by Gasteiger charge is -2.10. The molecule has 1 rings (SSSR count). The van der Waals surface area contributed by atoms with Crippen LogP contribution in [-0.2, 0) is 0 Å². The van der Waals surface area contributed by atoms with E-state index in [0.717, 1.165) is 6.42 Å². The maximum absolute atomic E-state index is 4.96. The number of hydrogen-bond donors (Lipinski definition) is 0. The molecule has 0 bridgehead atoms. The molecule has 0 fully saturated rings. The van der Waals surface area contributed by atoms with E-state index in [0.29, 0.717) is 6.85 Å². The molecule has 0 atom stereocenters. The Morgan fingerprint density at radius 3 is 2.06 bits per heavy atom. The molecule has 0 aromatic heterocycles. The van der Waals surface area contributed by atoms with Crippen molar-refractivity contribution in [3.8, 4) is 0 Å². The van der Waals surface area contributed by atoms with Crippen LogP contribution in [0.2, 0.25) is 12.6 Å². The molecule has 0 saturated carbocycles. The summed E-state index contributed by atoms with van der Waals surface area (Å²) in [5.74, 6) is 0. The second kappa shape index (κ2) is 8.11. The molecule has 0 aliphatic heterocycles. The third-order valence-corrected chi connectivity index (χ3v) is 3.02. The van der Waals surface area contributed by atoms with Gasteiger partial charge in [0.05, 0.1) is 0 Å². The summed E-state index contributed by atoms with van der Waals surface area (Å²) in [6.07, 6.45) is 5.89. The third-order valence-electron chi connectivity index (χ3n) is 3.02. The average molecular weight is 229 g/mol. The van der Waals surface area contributed by atoms with Gasteiger partial charge in [-0.15, -0.1) is 0 Å². The van der Waals surface area contributed by atoms with Gasteiger partial charge in [0.15, 0.2) is 0 Å². The van der Waals surface area contributed by atoms with Crippen LogP contribution in [-0.4, -0.2) is 12.6 Å². The molecular formula is C15H24BN. The van der Waals surface area contributed by atoms with Crippen LogP contribution in [0.25, 0.3) is 0 Å². The van der Waals surface area contributed by atoms with E-state index in [1.165, 1.54) is 36.8 Å². The fourth-order valence-electron chi connectivity index (χ4n) is 2.16. The molecular weight excluding hydrogens is 205 g/mol. The van der Waals surface area contributed by atoms with Gasteiger partial charge in [-0.05, 0) is 12.0 Å². The quantitative estimate of drug-likeness (QED) is 0.474. The molecule has 0 radical (unpaired) electrons. The zero-order valence-corrected chi connectivity index (χ0v) is 11.4. The first-order valence-electron chi connectivity index (χ1n) is 6.93. The van der Waals surface area contributed by atoms with Gasteiger partial charge < -0.3 is 4.90 Å². The molecule has 0 unspecified atom stereocenters. The minimum Gasteiger partial charge on any atom is -0.345 e. The van der Waals surface area contributed by atoms with Gasteiger partial charge in [-0.3, -0.25) is 0 Å². The molecule has 2 heteroatoms. The fourth-order valence-corrected chi connectivity index (χ4v) is 2.16. The SMILES string of the molecule is CCCB(CCC)N=C(CC)c1ccccc1. The van der Waals surface area contributed by atoms with Gasteiger partial charge in [0.1, 0.15) is 0 Å². The Balaban J connectivity index is 2.83. The lowest BCUT2D eigenvalue weighted by Crippen LogP contribution is -2.13. The first-order chi connectivity index (χ1) is 8.31. The van der Waals surface area contributed by atoms with Crippen molar-refractivity contribution in [1.29, 1.82) is 0 Å². The second-order valence-corrected chi connectivity index (χ2v) is 4.53. The average Bonchev–Trinajstić information content (AvgIpc) is 2.37. The maximum atomic E-state index is 4.96. The summed E-state index contributed by atoms with van der Waals surface area (Å²) >= 11 is 0. The molecule has 1 aromatic carbocycles. The monoisotopic (exact) mass is 229 g/mol. The Hall–Kier alpha value is -1.05. The van der Waals surface area contributed by atoms with E-state index >= 15 is 0 Å². The predicted octanol–water partition coefficient (Wildman–Crippen LogP) is 4.70. The molecule has 0 aliphatic rings. The number of nitrogens with zero attached hydrogens (tertiary/aromatic N) is 1. The minimum atomic E-state index is 0.514. The van der Waals surface area contributed by atoms with Crippen LogP contribution >= 0.6 is 0 Å². The zero-order chi connectivity index (χ0) is 12.5. The Kier molecular flexibility index (Phi) is 6.68. The summed E-state index contributed by atoms with van der Waals surface area (Å²) < 4.78 is 0. The Bertz CT molecular complexity index is 326. The summed E-state index contributed by atoms with van der Waals surface area (Å²) in [5.41, 5.74) is 2.55. The van der Waals surface area contributed by atoms with Crippen LogP contribution in [0.5, 0.6) is 0 Å². The van der Waals surface area contributed by atoms with Crippen LogP contribution in [0, 0.1) is 0 Å². The Morgan fingerprint density at radius 1 is 1.00 bits per heavy atom. The number of benzene rings is 1. The lowest BCUT2D eigenvalue weighted by molar-refractivity contribution is 0.998. The highest BCUT2D eigenvalue weighted by Gasteiger charge is 2.12. The number of hydrogen-bond acceptors (Lipinski definition) is 1. The van der Waals surface area contributed by atoms with Gasteiger partial charge in [-0.2, -0.15) is 0 Å². The zero-order valence-electron chi connectivity index (χ0n) is 11.4. The summed E-state index contributed by atoms with van der Waals surface area (Å²) in [7, 11) is 0. The van der Waals surface area contributed by atoms with E-state index < -0.39 is 0 Å². The van der Waals surface area contributed by atoms with Gasteiger partial charge in [-0.25, -0.2) is 0 Å². The van der Waals surface area contributed by atoms with Crippen LogP contribution in [0.3, 0.4) is 0 Å². The maximum Gasteiger partial charge on any atom is 0.279 e. The highest BCUT2D eigenvalue weighted by molar-refractivity contribution is 6.58. The van der Waals surface area contributed by atoms with Crippen molar-refractivity contribution in [2.24, 2.45) is 4.90 Å². The van der Waals surface area contributed by atoms with Crippen LogP contribution in [0.4, 0.5) is 0 Å². The van der Waals surface area contributed by atoms with E-state index in [2.05, 4.69) is 51.1 Å². The fraction of sp³-hybridized carbons (Fsp3) is 0.533. The summed E-state index contributed by atoms with van der Waals surface area (Å²) in [6.45, 7) is 7.19. The van der Waals surface area contributed by atoms with Crippen molar-refractivity contribution in [2.75, 3.05) is 0 Å². The largest absolute Gasteiger partial charge is 0.345 e. The molecule has 0 N–H and O–H groups in total. The van der Waals surface area contributed by atoms with Gasteiger partial charge in [0.25, 0.3) is 6.85 Å². The van der Waals surface area contributed by atoms with E-state index in [1.54, 1.807) is 0 Å². The minimum absolute atomic E-state index is 0.514. The van der Waals surface area contributed by atoms with E-state index in [1.807, 2.05) is 0 Å². The van der Waals surface area contributed by atoms with Gasteiger partial charge >= 0.3 is 0 Å². The van der Waals surface area contributed by atoms with Gasteiger partial charge in [0, 0.05) is 5.71 Å². The molecule has 17 heavy (non-hydrogen) atoms. The topological polar surface area (TPSA) is 12.4 Å². The van der Waals surface area contributed by atoms with Crippen molar-refractivity contribution in [2.45, 2.75) is 52.7 Å². The first-order valence-corrected chi connectivity index (χ1v) is 6.93. The van der Waals surface area contributed by atoms with Gasteiger partial charge in [0.2, 0.25) is 0 Å². The molecule has 1 nitrogen and oxygen atoms in total. The first kappa shape index (κ1) is 14.0. The van der Waals surface area contributed by atoms with Crippen molar-refractivity contribution in [3.63, 3.8) is 0 Å². The smallest absolute Gasteiger partial charge is 0.279 e. The Morgan fingerprint density at radius 2 is 1.59 bits per heavy atom. The predicted molar refractivity (Wildman–Crippen MR) is 79.2 cm³/mol. The van der Waals surface area contributed by atoms with E-state index in [4.69, 9.17) is 4.90 Å². The normalized spacial score (nSPS) is 11.6. The van der Waals surface area contributed by atoms with E-state index in [-0.39, 0.29) is 0 Å². The van der Waals surface area contributed by atoms with E-state index in [9.17, 15) is 0 Å². The molecule has 0 amide bonds. The van der Waals surface area contributed by atoms with Crippen molar-refractivity contribution >= 4 is 12.6 Å². The third kappa shape index (κ3) is 4.76. The van der Waals surface area contributed by atoms with Gasteiger partial charge in [-0.1, -0.05) is 76.6 Å². The second-order valence-electron chi connectivity index (χ2n) is 4.53. The van der Waals surface area contributed by atoms with Crippen molar-refractivity contribution in [3.05, 3.63) is 35.9 Å². The molecule has 0 spiro atoms. The highest BCUT2D eigenvalue weighted by atomic mass is 14.6. The molecule has 0 saturated heterocycles. The summed E-state index contributed by atoms with van der Waals surface area (Å²) in [5, 5.41) is 0. The van der Waals surface area contributed by atoms with Crippen molar-refractivity contribution in [1.82, 2.24) is 0 Å². The molecule has 1 aromatic rings.